The molecule has 0 saturated heterocycles. The number of hydrogen-bond acceptors (Lipinski definition) is 5. The summed E-state index contributed by atoms with van der Waals surface area (Å²) in [4.78, 5) is 12.5. The molecule has 0 fully saturated rings. The maximum Gasteiger partial charge on any atom is 0.293 e. The lowest BCUT2D eigenvalue weighted by Crippen LogP contribution is -2.33. The van der Waals surface area contributed by atoms with Crippen LogP contribution in [-0.4, -0.2) is 16.1 Å². The smallest absolute Gasteiger partial charge is 0.293 e. The Bertz CT molecular complexity index is 1250. The normalized spacial score (nSPS) is 10.6. The van der Waals surface area contributed by atoms with E-state index in [4.69, 9.17) is 37.8 Å². The molecule has 3 N–H and O–H groups in total. The van der Waals surface area contributed by atoms with Crippen molar-refractivity contribution in [3.05, 3.63) is 89.3 Å². The number of thiocarbonyl (C=S) groups is 1. The highest BCUT2D eigenvalue weighted by molar-refractivity contribution is 7.80. The zero-order valence-electron chi connectivity index (χ0n) is 16.1. The van der Waals surface area contributed by atoms with Gasteiger partial charge in [0, 0.05) is 21.8 Å². The molecular weight excluding hydrogens is 436 g/mol. The van der Waals surface area contributed by atoms with Crippen molar-refractivity contribution >= 4 is 40.5 Å². The lowest BCUT2D eigenvalue weighted by Gasteiger charge is -2.09. The summed E-state index contributed by atoms with van der Waals surface area (Å²) in [5.41, 5.74) is 2.24. The summed E-state index contributed by atoms with van der Waals surface area (Å²) < 4.78 is 11.2. The van der Waals surface area contributed by atoms with Crippen LogP contribution < -0.4 is 10.6 Å². The van der Waals surface area contributed by atoms with Crippen molar-refractivity contribution in [1.82, 2.24) is 5.32 Å². The van der Waals surface area contributed by atoms with E-state index in [9.17, 15) is 4.79 Å². The van der Waals surface area contributed by atoms with Gasteiger partial charge in [-0.15, -0.1) is 0 Å². The summed E-state index contributed by atoms with van der Waals surface area (Å²) in [6, 6.07) is 21.2. The van der Waals surface area contributed by atoms with Gasteiger partial charge >= 0.3 is 0 Å². The Morgan fingerprint density at radius 2 is 1.65 bits per heavy atom. The Balaban J connectivity index is 1.41. The molecule has 0 atom stereocenters. The number of furan rings is 2. The van der Waals surface area contributed by atoms with E-state index in [1.54, 1.807) is 42.5 Å². The highest BCUT2D eigenvalue weighted by Crippen LogP contribution is 2.26. The third kappa shape index (κ3) is 5.03. The molecule has 156 valence electrons. The van der Waals surface area contributed by atoms with E-state index in [0.717, 1.165) is 11.1 Å². The van der Waals surface area contributed by atoms with Gasteiger partial charge in [-0.05, 0) is 60.7 Å². The second-order valence-corrected chi connectivity index (χ2v) is 7.43. The van der Waals surface area contributed by atoms with Crippen molar-refractivity contribution in [3.8, 4) is 22.6 Å². The van der Waals surface area contributed by atoms with Crippen LogP contribution in [0.3, 0.4) is 0 Å². The molecule has 0 aliphatic carbocycles. The topological polar surface area (TPSA) is 87.6 Å². The summed E-state index contributed by atoms with van der Waals surface area (Å²) in [7, 11) is 0. The number of halogens is 1. The van der Waals surface area contributed by atoms with Crippen LogP contribution in [0.4, 0.5) is 5.69 Å². The number of aliphatic hydroxyl groups excluding tert-OH is 1. The van der Waals surface area contributed by atoms with E-state index in [1.165, 1.54) is 0 Å². The van der Waals surface area contributed by atoms with Crippen molar-refractivity contribution in [3.63, 3.8) is 0 Å². The quantitative estimate of drug-likeness (QED) is 0.347. The van der Waals surface area contributed by atoms with Crippen LogP contribution in [0.2, 0.25) is 5.02 Å². The number of nitrogens with one attached hydrogen (secondary N) is 2. The van der Waals surface area contributed by atoms with Crippen LogP contribution in [0.25, 0.3) is 22.6 Å². The number of carbonyl (C=O) groups excluding carboxylic acids is 1. The Morgan fingerprint density at radius 1 is 0.935 bits per heavy atom. The van der Waals surface area contributed by atoms with E-state index in [0.29, 0.717) is 28.0 Å². The van der Waals surface area contributed by atoms with Gasteiger partial charge in [0.25, 0.3) is 5.91 Å². The number of carbonyl (C=O) groups is 1. The predicted octanol–water partition coefficient (Wildman–Crippen LogP) is 5.48. The van der Waals surface area contributed by atoms with Gasteiger partial charge < -0.3 is 19.3 Å². The number of aliphatic hydroxyl groups is 1. The van der Waals surface area contributed by atoms with E-state index < -0.39 is 5.91 Å². The standard InChI is InChI=1S/C23H17ClN2O4S/c24-16-5-1-3-14(11-16)20-9-10-21(30-20)22(28)26-23(31)25-17-6-2-4-15(12-17)19-8-7-18(13-27)29-19/h1-12,27H,13H2,(H2,25,26,28,31). The molecule has 2 aromatic carbocycles. The van der Waals surface area contributed by atoms with Gasteiger partial charge in [0.05, 0.1) is 0 Å². The first-order valence-electron chi connectivity index (χ1n) is 9.30. The molecule has 0 bridgehead atoms. The summed E-state index contributed by atoms with van der Waals surface area (Å²) in [6.45, 7) is -0.167. The van der Waals surface area contributed by atoms with Crippen LogP contribution in [-0.2, 0) is 6.61 Å². The number of hydrogen-bond donors (Lipinski definition) is 3. The molecule has 4 rings (SSSR count). The first kappa shape index (κ1) is 20.9. The van der Waals surface area contributed by atoms with Gasteiger partial charge in [-0.25, -0.2) is 0 Å². The predicted molar refractivity (Wildman–Crippen MR) is 123 cm³/mol. The third-order valence-electron chi connectivity index (χ3n) is 4.39. The molecule has 4 aromatic rings. The van der Waals surface area contributed by atoms with E-state index in [1.807, 2.05) is 30.3 Å². The molecule has 0 spiro atoms. The van der Waals surface area contributed by atoms with Crippen LogP contribution in [0.5, 0.6) is 0 Å². The minimum absolute atomic E-state index is 0.123. The average molecular weight is 453 g/mol. The average Bonchev–Trinajstić information content (AvgIpc) is 3.44. The highest BCUT2D eigenvalue weighted by atomic mass is 35.5. The van der Waals surface area contributed by atoms with Gasteiger partial charge in [-0.2, -0.15) is 0 Å². The summed E-state index contributed by atoms with van der Waals surface area (Å²) in [5.74, 6) is 1.28. The zero-order valence-corrected chi connectivity index (χ0v) is 17.7. The van der Waals surface area contributed by atoms with E-state index in [-0.39, 0.29) is 17.5 Å². The number of amides is 1. The van der Waals surface area contributed by atoms with Crippen molar-refractivity contribution in [2.45, 2.75) is 6.61 Å². The number of anilines is 1. The minimum atomic E-state index is -0.472. The lowest BCUT2D eigenvalue weighted by molar-refractivity contribution is 0.0951. The number of benzene rings is 2. The molecule has 0 radical (unpaired) electrons. The lowest BCUT2D eigenvalue weighted by atomic mass is 10.1. The molecule has 31 heavy (non-hydrogen) atoms. The molecule has 0 unspecified atom stereocenters. The van der Waals surface area contributed by atoms with Crippen molar-refractivity contribution < 1.29 is 18.7 Å². The molecule has 0 saturated carbocycles. The fourth-order valence-electron chi connectivity index (χ4n) is 2.95. The van der Waals surface area contributed by atoms with Gasteiger partial charge in [-0.3, -0.25) is 10.1 Å². The molecule has 0 aliphatic heterocycles. The van der Waals surface area contributed by atoms with Gasteiger partial charge in [0.1, 0.15) is 23.9 Å². The fourth-order valence-corrected chi connectivity index (χ4v) is 3.35. The van der Waals surface area contributed by atoms with Crippen LogP contribution >= 0.6 is 23.8 Å². The highest BCUT2D eigenvalue weighted by Gasteiger charge is 2.14. The van der Waals surface area contributed by atoms with Crippen LogP contribution in [0, 0.1) is 0 Å². The number of rotatable bonds is 5. The maximum absolute atomic E-state index is 12.5. The maximum atomic E-state index is 12.5. The molecule has 1 amide bonds. The second-order valence-electron chi connectivity index (χ2n) is 6.59. The summed E-state index contributed by atoms with van der Waals surface area (Å²) in [5, 5.41) is 15.4. The summed E-state index contributed by atoms with van der Waals surface area (Å²) >= 11 is 11.3. The molecular formula is C23H17ClN2O4S. The van der Waals surface area contributed by atoms with Gasteiger partial charge in [0.15, 0.2) is 10.9 Å². The third-order valence-corrected chi connectivity index (χ3v) is 4.83. The SMILES string of the molecule is O=C(NC(=S)Nc1cccc(-c2ccc(CO)o2)c1)c1ccc(-c2cccc(Cl)c2)o1. The Kier molecular flexibility index (Phi) is 6.18. The van der Waals surface area contributed by atoms with E-state index >= 15 is 0 Å². The minimum Gasteiger partial charge on any atom is -0.459 e. The Labute approximate surface area is 188 Å². The molecule has 2 aromatic heterocycles. The first-order chi connectivity index (χ1) is 15.0. The van der Waals surface area contributed by atoms with Crippen molar-refractivity contribution in [2.75, 3.05) is 5.32 Å². The van der Waals surface area contributed by atoms with Crippen molar-refractivity contribution in [1.29, 1.82) is 0 Å². The molecule has 0 aliphatic rings. The molecule has 8 heteroatoms. The van der Waals surface area contributed by atoms with E-state index in [2.05, 4.69) is 10.6 Å². The first-order valence-corrected chi connectivity index (χ1v) is 10.1. The second kappa shape index (κ2) is 9.18. The van der Waals surface area contributed by atoms with Gasteiger partial charge in [-0.1, -0.05) is 35.9 Å². The Morgan fingerprint density at radius 3 is 2.39 bits per heavy atom. The Hall–Kier alpha value is -3.39. The van der Waals surface area contributed by atoms with Crippen molar-refractivity contribution in [2.24, 2.45) is 0 Å². The molecule has 6 nitrogen and oxygen atoms in total. The fraction of sp³-hybridized carbons (Fsp3) is 0.0435. The van der Waals surface area contributed by atoms with Crippen LogP contribution in [0.15, 0.2) is 81.6 Å². The monoisotopic (exact) mass is 452 g/mol. The van der Waals surface area contributed by atoms with Crippen LogP contribution in [0.1, 0.15) is 16.3 Å². The van der Waals surface area contributed by atoms with Gasteiger partial charge in [0.2, 0.25) is 0 Å². The summed E-state index contributed by atoms with van der Waals surface area (Å²) in [6.07, 6.45) is 0. The zero-order chi connectivity index (χ0) is 21.8. The molecule has 2 heterocycles. The largest absolute Gasteiger partial charge is 0.459 e.